The summed E-state index contributed by atoms with van der Waals surface area (Å²) in [7, 11) is 0. The molecule has 17 heavy (non-hydrogen) atoms. The van der Waals surface area contributed by atoms with Gasteiger partial charge in [-0.05, 0) is 30.5 Å². The van der Waals surface area contributed by atoms with Crippen LogP contribution in [0.15, 0.2) is 29.6 Å². The highest BCUT2D eigenvalue weighted by molar-refractivity contribution is 7.13. The van der Waals surface area contributed by atoms with Crippen molar-refractivity contribution >= 4 is 17.0 Å². The van der Waals surface area contributed by atoms with E-state index in [4.69, 9.17) is 5.73 Å². The highest BCUT2D eigenvalue weighted by Gasteiger charge is 2.11. The Morgan fingerprint density at radius 3 is 2.88 bits per heavy atom. The lowest BCUT2D eigenvalue weighted by Gasteiger charge is -2.03. The smallest absolute Gasteiger partial charge is 0.178 e. The van der Waals surface area contributed by atoms with Crippen LogP contribution in [0.5, 0.6) is 0 Å². The Kier molecular flexibility index (Phi) is 2.38. The minimum absolute atomic E-state index is 0.184. The Morgan fingerprint density at radius 2 is 2.18 bits per heavy atom. The maximum Gasteiger partial charge on any atom is 0.178 e. The molecule has 86 valence electrons. The number of hydrogen-bond acceptors (Lipinski definition) is 5. The summed E-state index contributed by atoms with van der Waals surface area (Å²) in [6, 6.07) is 7.71. The lowest BCUT2D eigenvalue weighted by molar-refractivity contribution is 0.696. The molecule has 0 aliphatic rings. The summed E-state index contributed by atoms with van der Waals surface area (Å²) >= 11 is 1.65. The average molecular weight is 245 g/mol. The lowest BCUT2D eigenvalue weighted by Crippen LogP contribution is -2.11. The second-order valence-electron chi connectivity index (χ2n) is 3.81. The summed E-state index contributed by atoms with van der Waals surface area (Å²) in [5, 5.41) is 14.6. The minimum Gasteiger partial charge on any atom is -0.321 e. The SMILES string of the molecule is CC(N)c1nnc2ccc(-c3cccs3)nn12. The van der Waals surface area contributed by atoms with Crippen LogP contribution < -0.4 is 5.73 Å². The first-order chi connectivity index (χ1) is 8.25. The zero-order chi connectivity index (χ0) is 11.8. The van der Waals surface area contributed by atoms with Crippen molar-refractivity contribution in [2.45, 2.75) is 13.0 Å². The molecule has 5 nitrogen and oxygen atoms in total. The summed E-state index contributed by atoms with van der Waals surface area (Å²) in [6.07, 6.45) is 0. The van der Waals surface area contributed by atoms with Crippen LogP contribution >= 0.6 is 11.3 Å². The van der Waals surface area contributed by atoms with Gasteiger partial charge in [-0.2, -0.15) is 9.61 Å². The highest BCUT2D eigenvalue weighted by Crippen LogP contribution is 2.22. The molecule has 3 heterocycles. The molecule has 0 radical (unpaired) electrons. The number of fused-ring (bicyclic) bond motifs is 1. The molecule has 0 amide bonds. The fourth-order valence-corrected chi connectivity index (χ4v) is 2.34. The molecule has 3 rings (SSSR count). The van der Waals surface area contributed by atoms with E-state index < -0.39 is 0 Å². The van der Waals surface area contributed by atoms with Crippen LogP contribution in [0.25, 0.3) is 16.2 Å². The quantitative estimate of drug-likeness (QED) is 0.748. The molecule has 3 aromatic rings. The van der Waals surface area contributed by atoms with Crippen molar-refractivity contribution in [3.8, 4) is 10.6 Å². The van der Waals surface area contributed by atoms with Crippen LogP contribution in [-0.4, -0.2) is 19.8 Å². The molecule has 0 bridgehead atoms. The van der Waals surface area contributed by atoms with E-state index in [-0.39, 0.29) is 6.04 Å². The molecule has 1 atom stereocenters. The third kappa shape index (κ3) is 1.71. The van der Waals surface area contributed by atoms with E-state index >= 15 is 0 Å². The van der Waals surface area contributed by atoms with E-state index in [2.05, 4.69) is 15.3 Å². The van der Waals surface area contributed by atoms with Gasteiger partial charge in [0.05, 0.1) is 10.9 Å². The van der Waals surface area contributed by atoms with Crippen molar-refractivity contribution in [1.82, 2.24) is 19.8 Å². The third-order valence-electron chi connectivity index (χ3n) is 2.47. The number of hydrogen-bond donors (Lipinski definition) is 1. The van der Waals surface area contributed by atoms with Gasteiger partial charge in [0.25, 0.3) is 0 Å². The Morgan fingerprint density at radius 1 is 1.29 bits per heavy atom. The van der Waals surface area contributed by atoms with Crippen molar-refractivity contribution in [2.24, 2.45) is 5.73 Å². The zero-order valence-corrected chi connectivity index (χ0v) is 10.1. The van der Waals surface area contributed by atoms with Crippen LogP contribution in [0, 0.1) is 0 Å². The molecule has 0 aliphatic carbocycles. The normalized spacial score (nSPS) is 13.1. The summed E-state index contributed by atoms with van der Waals surface area (Å²) in [5.41, 5.74) is 7.46. The van der Waals surface area contributed by atoms with Crippen molar-refractivity contribution < 1.29 is 0 Å². The van der Waals surface area contributed by atoms with Crippen molar-refractivity contribution in [1.29, 1.82) is 0 Å². The summed E-state index contributed by atoms with van der Waals surface area (Å²) in [6.45, 7) is 1.87. The van der Waals surface area contributed by atoms with Crippen molar-refractivity contribution in [2.75, 3.05) is 0 Å². The molecule has 0 saturated carbocycles. The topological polar surface area (TPSA) is 69.1 Å². The van der Waals surface area contributed by atoms with E-state index in [0.717, 1.165) is 16.2 Å². The first-order valence-corrected chi connectivity index (χ1v) is 6.15. The molecule has 0 spiro atoms. The molecule has 0 aromatic carbocycles. The van der Waals surface area contributed by atoms with Gasteiger partial charge in [-0.3, -0.25) is 0 Å². The van der Waals surface area contributed by atoms with Crippen LogP contribution in [0.1, 0.15) is 18.8 Å². The van der Waals surface area contributed by atoms with Crippen LogP contribution in [-0.2, 0) is 0 Å². The molecule has 1 unspecified atom stereocenters. The van der Waals surface area contributed by atoms with Crippen LogP contribution in [0.3, 0.4) is 0 Å². The molecule has 0 fully saturated rings. The number of rotatable bonds is 2. The number of aromatic nitrogens is 4. The second-order valence-corrected chi connectivity index (χ2v) is 4.76. The fourth-order valence-electron chi connectivity index (χ4n) is 1.65. The lowest BCUT2D eigenvalue weighted by atomic mass is 10.3. The third-order valence-corrected chi connectivity index (χ3v) is 3.36. The van der Waals surface area contributed by atoms with Gasteiger partial charge >= 0.3 is 0 Å². The first kappa shape index (κ1) is 10.4. The summed E-state index contributed by atoms with van der Waals surface area (Å²) in [5.74, 6) is 0.679. The standard InChI is InChI=1S/C11H11N5S/c1-7(12)11-14-13-10-5-4-8(15-16(10)11)9-3-2-6-17-9/h2-7H,12H2,1H3. The van der Waals surface area contributed by atoms with Gasteiger partial charge in [-0.25, -0.2) is 0 Å². The first-order valence-electron chi connectivity index (χ1n) is 5.27. The number of nitrogens with zero attached hydrogens (tertiary/aromatic N) is 4. The van der Waals surface area contributed by atoms with Crippen LogP contribution in [0.2, 0.25) is 0 Å². The van der Waals surface area contributed by atoms with Crippen LogP contribution in [0.4, 0.5) is 0 Å². The van der Waals surface area contributed by atoms with Gasteiger partial charge in [0.2, 0.25) is 0 Å². The highest BCUT2D eigenvalue weighted by atomic mass is 32.1. The van der Waals surface area contributed by atoms with E-state index in [1.54, 1.807) is 15.9 Å². The maximum absolute atomic E-state index is 5.83. The Labute approximate surface area is 102 Å². The molecular weight excluding hydrogens is 234 g/mol. The zero-order valence-electron chi connectivity index (χ0n) is 9.24. The van der Waals surface area contributed by atoms with E-state index in [1.807, 2.05) is 36.6 Å². The second kappa shape index (κ2) is 3.90. The Balaban J connectivity index is 2.20. The van der Waals surface area contributed by atoms with Gasteiger partial charge in [0, 0.05) is 0 Å². The summed E-state index contributed by atoms with van der Waals surface area (Å²) < 4.78 is 1.71. The number of thiophene rings is 1. The molecular formula is C11H11N5S. The fraction of sp³-hybridized carbons (Fsp3) is 0.182. The van der Waals surface area contributed by atoms with E-state index in [0.29, 0.717) is 5.82 Å². The average Bonchev–Trinajstić information content (AvgIpc) is 2.97. The molecule has 2 N–H and O–H groups in total. The predicted molar refractivity (Wildman–Crippen MR) is 66.7 cm³/mol. The molecule has 6 heteroatoms. The largest absolute Gasteiger partial charge is 0.321 e. The van der Waals surface area contributed by atoms with Crippen molar-refractivity contribution in [3.63, 3.8) is 0 Å². The Bertz CT molecular complexity index is 641. The van der Waals surface area contributed by atoms with Gasteiger partial charge < -0.3 is 5.73 Å². The van der Waals surface area contributed by atoms with E-state index in [1.165, 1.54) is 0 Å². The molecule has 0 saturated heterocycles. The van der Waals surface area contributed by atoms with Gasteiger partial charge in [-0.15, -0.1) is 21.5 Å². The molecule has 3 aromatic heterocycles. The molecule has 0 aliphatic heterocycles. The Hall–Kier alpha value is -1.79. The van der Waals surface area contributed by atoms with Gasteiger partial charge in [0.1, 0.15) is 5.69 Å². The van der Waals surface area contributed by atoms with Gasteiger partial charge in [0.15, 0.2) is 11.5 Å². The van der Waals surface area contributed by atoms with Gasteiger partial charge in [-0.1, -0.05) is 6.07 Å². The minimum atomic E-state index is -0.184. The number of nitrogens with two attached hydrogens (primary N) is 1. The van der Waals surface area contributed by atoms with E-state index in [9.17, 15) is 0 Å². The summed E-state index contributed by atoms with van der Waals surface area (Å²) in [4.78, 5) is 1.12. The predicted octanol–water partition coefficient (Wildman–Crippen LogP) is 1.87. The van der Waals surface area contributed by atoms with Crippen molar-refractivity contribution in [3.05, 3.63) is 35.5 Å². The maximum atomic E-state index is 5.83. The monoisotopic (exact) mass is 245 g/mol.